The lowest BCUT2D eigenvalue weighted by Crippen LogP contribution is -1.86. The molecule has 0 saturated heterocycles. The number of aryl methyl sites for hydroxylation is 1. The SMILES string of the molecule is Fc1ccc2cc(CCS)ccc2c1. The third kappa shape index (κ3) is 1.90. The molecule has 14 heavy (non-hydrogen) atoms. The quantitative estimate of drug-likeness (QED) is 0.715. The van der Waals surface area contributed by atoms with E-state index >= 15 is 0 Å². The summed E-state index contributed by atoms with van der Waals surface area (Å²) in [6.45, 7) is 0. The monoisotopic (exact) mass is 206 g/mol. The second-order valence-electron chi connectivity index (χ2n) is 3.30. The summed E-state index contributed by atoms with van der Waals surface area (Å²) >= 11 is 4.18. The molecule has 0 amide bonds. The summed E-state index contributed by atoms with van der Waals surface area (Å²) in [6.07, 6.45) is 0.955. The van der Waals surface area contributed by atoms with E-state index in [9.17, 15) is 4.39 Å². The molecule has 0 saturated carbocycles. The number of rotatable bonds is 2. The Balaban J connectivity index is 2.50. The Kier molecular flexibility index (Phi) is 2.73. The molecule has 0 nitrogen and oxygen atoms in total. The van der Waals surface area contributed by atoms with Crippen LogP contribution in [0.4, 0.5) is 4.39 Å². The molecular weight excluding hydrogens is 195 g/mol. The molecule has 0 unspecified atom stereocenters. The number of thiol groups is 1. The number of halogens is 1. The Bertz CT molecular complexity index is 451. The van der Waals surface area contributed by atoms with Gasteiger partial charge in [0.1, 0.15) is 5.82 Å². The highest BCUT2D eigenvalue weighted by molar-refractivity contribution is 7.80. The predicted octanol–water partition coefficient (Wildman–Crippen LogP) is 3.45. The highest BCUT2D eigenvalue weighted by atomic mass is 32.1. The van der Waals surface area contributed by atoms with Crippen molar-refractivity contribution in [1.29, 1.82) is 0 Å². The van der Waals surface area contributed by atoms with E-state index in [4.69, 9.17) is 0 Å². The van der Waals surface area contributed by atoms with Crippen molar-refractivity contribution < 1.29 is 4.39 Å². The summed E-state index contributed by atoms with van der Waals surface area (Å²) in [6, 6.07) is 10.9. The molecule has 0 bridgehead atoms. The van der Waals surface area contributed by atoms with Gasteiger partial charge in [0, 0.05) is 0 Å². The number of fused-ring (bicyclic) bond motifs is 1. The van der Waals surface area contributed by atoms with Crippen LogP contribution in [0.2, 0.25) is 0 Å². The highest BCUT2D eigenvalue weighted by Crippen LogP contribution is 2.17. The fourth-order valence-electron chi connectivity index (χ4n) is 1.55. The van der Waals surface area contributed by atoms with Gasteiger partial charge in [-0.25, -0.2) is 4.39 Å². The van der Waals surface area contributed by atoms with E-state index < -0.39 is 0 Å². The molecule has 0 fully saturated rings. The van der Waals surface area contributed by atoms with Crippen molar-refractivity contribution in [3.8, 4) is 0 Å². The lowest BCUT2D eigenvalue weighted by molar-refractivity contribution is 0.630. The standard InChI is InChI=1S/C12H11FS/c13-12-4-3-10-7-9(5-6-14)1-2-11(10)8-12/h1-4,7-8,14H,5-6H2. The van der Waals surface area contributed by atoms with Gasteiger partial charge in [-0.2, -0.15) is 12.6 Å². The van der Waals surface area contributed by atoms with E-state index in [1.807, 2.05) is 18.2 Å². The molecule has 0 atom stereocenters. The van der Waals surface area contributed by atoms with Crippen LogP contribution in [0.15, 0.2) is 36.4 Å². The summed E-state index contributed by atoms with van der Waals surface area (Å²) in [5.74, 6) is 0.659. The zero-order valence-corrected chi connectivity index (χ0v) is 8.60. The number of hydrogen-bond donors (Lipinski definition) is 1. The summed E-state index contributed by atoms with van der Waals surface area (Å²) in [5, 5.41) is 2.04. The lowest BCUT2D eigenvalue weighted by Gasteiger charge is -2.01. The van der Waals surface area contributed by atoms with Gasteiger partial charge in [0.2, 0.25) is 0 Å². The summed E-state index contributed by atoms with van der Waals surface area (Å²) in [5.41, 5.74) is 1.25. The van der Waals surface area contributed by atoms with E-state index in [0.29, 0.717) is 0 Å². The molecule has 2 aromatic carbocycles. The molecule has 0 aliphatic carbocycles. The Morgan fingerprint density at radius 2 is 1.71 bits per heavy atom. The maximum absolute atomic E-state index is 12.9. The molecule has 2 rings (SSSR count). The zero-order chi connectivity index (χ0) is 9.97. The molecule has 2 aromatic rings. The Morgan fingerprint density at radius 1 is 1.00 bits per heavy atom. The van der Waals surface area contributed by atoms with Crippen molar-refractivity contribution in [1.82, 2.24) is 0 Å². The van der Waals surface area contributed by atoms with Gasteiger partial charge in [-0.1, -0.05) is 24.3 Å². The van der Waals surface area contributed by atoms with Crippen LogP contribution in [0.5, 0.6) is 0 Å². The Morgan fingerprint density at radius 3 is 2.50 bits per heavy atom. The van der Waals surface area contributed by atoms with Crippen molar-refractivity contribution in [2.24, 2.45) is 0 Å². The molecule has 2 heteroatoms. The van der Waals surface area contributed by atoms with Crippen LogP contribution >= 0.6 is 12.6 Å². The van der Waals surface area contributed by atoms with E-state index in [2.05, 4.69) is 18.7 Å². The van der Waals surface area contributed by atoms with E-state index in [1.54, 1.807) is 6.07 Å². The van der Waals surface area contributed by atoms with Gasteiger partial charge in [0.15, 0.2) is 0 Å². The van der Waals surface area contributed by atoms with Gasteiger partial charge >= 0.3 is 0 Å². The van der Waals surface area contributed by atoms with Crippen LogP contribution < -0.4 is 0 Å². The average molecular weight is 206 g/mol. The predicted molar refractivity (Wildman–Crippen MR) is 61.5 cm³/mol. The minimum absolute atomic E-state index is 0.181. The summed E-state index contributed by atoms with van der Waals surface area (Å²) in [7, 11) is 0. The van der Waals surface area contributed by atoms with Gasteiger partial charge < -0.3 is 0 Å². The van der Waals surface area contributed by atoms with Gasteiger partial charge in [-0.15, -0.1) is 0 Å². The van der Waals surface area contributed by atoms with Gasteiger partial charge in [-0.3, -0.25) is 0 Å². The first-order valence-electron chi connectivity index (χ1n) is 4.58. The molecule has 0 aliphatic rings. The van der Waals surface area contributed by atoms with Crippen molar-refractivity contribution in [2.75, 3.05) is 5.75 Å². The van der Waals surface area contributed by atoms with Crippen LogP contribution in [-0.4, -0.2) is 5.75 Å². The summed E-state index contributed by atoms with van der Waals surface area (Å²) < 4.78 is 12.9. The fourth-order valence-corrected chi connectivity index (χ4v) is 1.81. The molecule has 0 N–H and O–H groups in total. The van der Waals surface area contributed by atoms with Gasteiger partial charge in [-0.05, 0) is 40.6 Å². The first kappa shape index (κ1) is 9.53. The van der Waals surface area contributed by atoms with Crippen molar-refractivity contribution >= 4 is 23.4 Å². The van der Waals surface area contributed by atoms with Crippen LogP contribution in [-0.2, 0) is 6.42 Å². The lowest BCUT2D eigenvalue weighted by atomic mass is 10.1. The normalized spacial score (nSPS) is 10.7. The first-order valence-corrected chi connectivity index (χ1v) is 5.22. The molecule has 0 heterocycles. The topological polar surface area (TPSA) is 0 Å². The smallest absolute Gasteiger partial charge is 0.123 e. The maximum atomic E-state index is 12.9. The van der Waals surface area contributed by atoms with Crippen LogP contribution in [0, 0.1) is 5.82 Å². The number of hydrogen-bond acceptors (Lipinski definition) is 1. The second-order valence-corrected chi connectivity index (χ2v) is 3.75. The third-order valence-corrected chi connectivity index (χ3v) is 2.49. The van der Waals surface area contributed by atoms with E-state index in [-0.39, 0.29) is 5.82 Å². The van der Waals surface area contributed by atoms with Gasteiger partial charge in [0.25, 0.3) is 0 Å². The Labute approximate surface area is 88.2 Å². The third-order valence-electron chi connectivity index (χ3n) is 2.27. The molecular formula is C12H11FS. The number of benzene rings is 2. The molecule has 0 aliphatic heterocycles. The first-order chi connectivity index (χ1) is 6.79. The minimum atomic E-state index is -0.181. The summed E-state index contributed by atoms with van der Waals surface area (Å²) in [4.78, 5) is 0. The average Bonchev–Trinajstić information content (AvgIpc) is 2.19. The fraction of sp³-hybridized carbons (Fsp3) is 0.167. The van der Waals surface area contributed by atoms with Gasteiger partial charge in [0.05, 0.1) is 0 Å². The van der Waals surface area contributed by atoms with E-state index in [0.717, 1.165) is 22.9 Å². The Hall–Kier alpha value is -1.02. The largest absolute Gasteiger partial charge is 0.207 e. The van der Waals surface area contributed by atoms with Crippen LogP contribution in [0.25, 0.3) is 10.8 Å². The van der Waals surface area contributed by atoms with Crippen molar-refractivity contribution in [2.45, 2.75) is 6.42 Å². The zero-order valence-electron chi connectivity index (χ0n) is 7.70. The molecule has 0 radical (unpaired) electrons. The molecule has 0 spiro atoms. The van der Waals surface area contributed by atoms with Crippen molar-refractivity contribution in [3.63, 3.8) is 0 Å². The minimum Gasteiger partial charge on any atom is -0.207 e. The molecule has 0 aromatic heterocycles. The maximum Gasteiger partial charge on any atom is 0.123 e. The highest BCUT2D eigenvalue weighted by Gasteiger charge is 1.97. The van der Waals surface area contributed by atoms with E-state index in [1.165, 1.54) is 11.6 Å². The van der Waals surface area contributed by atoms with Crippen LogP contribution in [0.1, 0.15) is 5.56 Å². The van der Waals surface area contributed by atoms with Crippen LogP contribution in [0.3, 0.4) is 0 Å². The second kappa shape index (κ2) is 4.01. The van der Waals surface area contributed by atoms with Crippen molar-refractivity contribution in [3.05, 3.63) is 47.8 Å². The molecule has 72 valence electrons.